The first kappa shape index (κ1) is 8.72. The fourth-order valence-electron chi connectivity index (χ4n) is 1.08. The van der Waals surface area contributed by atoms with Gasteiger partial charge in [-0.1, -0.05) is 11.6 Å². The van der Waals surface area contributed by atoms with Crippen molar-refractivity contribution in [3.05, 3.63) is 27.8 Å². The summed E-state index contributed by atoms with van der Waals surface area (Å²) in [4.78, 5) is 8.02. The number of hydrogen-bond acceptors (Lipinski definition) is 3. The number of hydrogen-bond donors (Lipinski definition) is 1. The summed E-state index contributed by atoms with van der Waals surface area (Å²) >= 11 is 9.10. The van der Waals surface area contributed by atoms with Gasteiger partial charge in [-0.25, -0.2) is 9.97 Å². The largest absolute Gasteiger partial charge is 0.368 e. The van der Waals surface area contributed by atoms with Crippen molar-refractivity contribution in [2.45, 2.75) is 0 Å². The van der Waals surface area contributed by atoms with Crippen LogP contribution in [0.15, 0.2) is 22.8 Å². The van der Waals surface area contributed by atoms with E-state index in [0.717, 1.165) is 10.9 Å². The molecular weight excluding hydrogens is 253 g/mol. The summed E-state index contributed by atoms with van der Waals surface area (Å²) in [5.74, 6) is 0.238. The molecule has 0 spiro atoms. The summed E-state index contributed by atoms with van der Waals surface area (Å²) < 4.78 is 0.687. The predicted octanol–water partition coefficient (Wildman–Crippen LogP) is 2.63. The molecule has 2 N–H and O–H groups in total. The summed E-state index contributed by atoms with van der Waals surface area (Å²) in [7, 11) is 0. The molecule has 1 heterocycles. The van der Waals surface area contributed by atoms with Gasteiger partial charge in [-0.15, -0.1) is 0 Å². The van der Waals surface area contributed by atoms with E-state index < -0.39 is 0 Å². The summed E-state index contributed by atoms with van der Waals surface area (Å²) in [6.45, 7) is 0. The third kappa shape index (κ3) is 1.59. The third-order valence-corrected chi connectivity index (χ3v) is 2.47. The highest BCUT2D eigenvalue weighted by atomic mass is 79.9. The van der Waals surface area contributed by atoms with E-state index in [2.05, 4.69) is 25.9 Å². The van der Waals surface area contributed by atoms with Crippen molar-refractivity contribution in [1.29, 1.82) is 0 Å². The lowest BCUT2D eigenvalue weighted by molar-refractivity contribution is 1.21. The fourth-order valence-corrected chi connectivity index (χ4v) is 1.76. The number of anilines is 1. The number of fused-ring (bicyclic) bond motifs is 1. The van der Waals surface area contributed by atoms with Crippen LogP contribution < -0.4 is 5.73 Å². The van der Waals surface area contributed by atoms with E-state index in [9.17, 15) is 0 Å². The topological polar surface area (TPSA) is 51.8 Å². The van der Waals surface area contributed by atoms with Crippen LogP contribution in [-0.2, 0) is 0 Å². The standard InChI is InChI=1S/C8H5BrClN3/c9-7-5-2-1-4(10)3-6(5)12-8(11)13-7/h1-3H,(H2,11,12,13). The molecule has 3 nitrogen and oxygen atoms in total. The lowest BCUT2D eigenvalue weighted by Crippen LogP contribution is -1.95. The molecule has 0 saturated carbocycles. The van der Waals surface area contributed by atoms with Crippen LogP contribution in [0.1, 0.15) is 0 Å². The minimum atomic E-state index is 0.238. The molecule has 0 bridgehead atoms. The minimum Gasteiger partial charge on any atom is -0.368 e. The van der Waals surface area contributed by atoms with Crippen LogP contribution in [0.5, 0.6) is 0 Å². The van der Waals surface area contributed by atoms with Crippen molar-refractivity contribution >= 4 is 44.4 Å². The van der Waals surface area contributed by atoms with Gasteiger partial charge in [0.05, 0.1) is 5.52 Å². The van der Waals surface area contributed by atoms with Gasteiger partial charge in [-0.2, -0.15) is 0 Å². The highest BCUT2D eigenvalue weighted by molar-refractivity contribution is 9.10. The molecule has 5 heteroatoms. The van der Waals surface area contributed by atoms with E-state index in [4.69, 9.17) is 17.3 Å². The minimum absolute atomic E-state index is 0.238. The van der Waals surface area contributed by atoms with Crippen LogP contribution in [0.2, 0.25) is 5.02 Å². The van der Waals surface area contributed by atoms with E-state index >= 15 is 0 Å². The van der Waals surface area contributed by atoms with E-state index in [0.29, 0.717) is 9.63 Å². The maximum atomic E-state index is 5.81. The quantitative estimate of drug-likeness (QED) is 0.739. The first-order valence-corrected chi connectivity index (χ1v) is 4.72. The molecular formula is C8H5BrClN3. The second-order valence-corrected chi connectivity index (χ2v) is 3.72. The van der Waals surface area contributed by atoms with Crippen LogP contribution in [0.4, 0.5) is 5.95 Å². The smallest absolute Gasteiger partial charge is 0.221 e. The van der Waals surface area contributed by atoms with Crippen molar-refractivity contribution in [3.63, 3.8) is 0 Å². The summed E-state index contributed by atoms with van der Waals surface area (Å²) in [6.07, 6.45) is 0. The van der Waals surface area contributed by atoms with Crippen molar-refractivity contribution in [2.75, 3.05) is 5.73 Å². The number of nitrogen functional groups attached to an aromatic ring is 1. The second-order valence-electron chi connectivity index (χ2n) is 2.53. The predicted molar refractivity (Wildman–Crippen MR) is 56.7 cm³/mol. The van der Waals surface area contributed by atoms with Crippen molar-refractivity contribution in [3.8, 4) is 0 Å². The van der Waals surface area contributed by atoms with E-state index in [-0.39, 0.29) is 5.95 Å². The van der Waals surface area contributed by atoms with E-state index in [1.165, 1.54) is 0 Å². The first-order chi connectivity index (χ1) is 6.16. The van der Waals surface area contributed by atoms with Crippen molar-refractivity contribution in [2.24, 2.45) is 0 Å². The SMILES string of the molecule is Nc1nc(Br)c2ccc(Cl)cc2n1. The lowest BCUT2D eigenvalue weighted by Gasteiger charge is -2.00. The maximum absolute atomic E-state index is 5.81. The molecule has 2 rings (SSSR count). The Morgan fingerprint density at radius 2 is 2.08 bits per heavy atom. The molecule has 0 unspecified atom stereocenters. The van der Waals surface area contributed by atoms with Gasteiger partial charge in [0, 0.05) is 10.4 Å². The molecule has 0 saturated heterocycles. The Morgan fingerprint density at radius 1 is 1.31 bits per heavy atom. The van der Waals surface area contributed by atoms with Crippen LogP contribution in [0.3, 0.4) is 0 Å². The molecule has 0 aliphatic heterocycles. The number of benzene rings is 1. The average molecular weight is 259 g/mol. The lowest BCUT2D eigenvalue weighted by atomic mass is 10.2. The fraction of sp³-hybridized carbons (Fsp3) is 0. The Bertz CT molecular complexity index is 467. The Labute approximate surface area is 88.1 Å². The third-order valence-electron chi connectivity index (χ3n) is 1.63. The van der Waals surface area contributed by atoms with Gasteiger partial charge >= 0.3 is 0 Å². The van der Waals surface area contributed by atoms with E-state index in [1.54, 1.807) is 12.1 Å². The zero-order valence-corrected chi connectivity index (χ0v) is 8.80. The second kappa shape index (κ2) is 3.12. The highest BCUT2D eigenvalue weighted by Crippen LogP contribution is 2.24. The zero-order valence-electron chi connectivity index (χ0n) is 6.46. The Balaban J connectivity index is 2.86. The number of aromatic nitrogens is 2. The van der Waals surface area contributed by atoms with Gasteiger partial charge in [-0.05, 0) is 34.1 Å². The molecule has 0 fully saturated rings. The van der Waals surface area contributed by atoms with Crippen LogP contribution in [0, 0.1) is 0 Å². The molecule has 13 heavy (non-hydrogen) atoms. The van der Waals surface area contributed by atoms with Gasteiger partial charge in [0.2, 0.25) is 5.95 Å². The monoisotopic (exact) mass is 257 g/mol. The van der Waals surface area contributed by atoms with Gasteiger partial charge in [0.15, 0.2) is 0 Å². The molecule has 0 aliphatic rings. The van der Waals surface area contributed by atoms with E-state index in [1.807, 2.05) is 6.07 Å². The molecule has 0 aliphatic carbocycles. The number of rotatable bonds is 0. The molecule has 0 amide bonds. The summed E-state index contributed by atoms with van der Waals surface area (Å²) in [5.41, 5.74) is 6.22. The molecule has 0 atom stereocenters. The van der Waals surface area contributed by atoms with Crippen molar-refractivity contribution in [1.82, 2.24) is 9.97 Å². The van der Waals surface area contributed by atoms with Crippen LogP contribution >= 0.6 is 27.5 Å². The van der Waals surface area contributed by atoms with Crippen LogP contribution in [-0.4, -0.2) is 9.97 Å². The highest BCUT2D eigenvalue weighted by Gasteiger charge is 2.03. The number of nitrogens with zero attached hydrogens (tertiary/aromatic N) is 2. The maximum Gasteiger partial charge on any atom is 0.221 e. The Morgan fingerprint density at radius 3 is 2.85 bits per heavy atom. The first-order valence-electron chi connectivity index (χ1n) is 3.55. The Kier molecular flexibility index (Phi) is 2.09. The van der Waals surface area contributed by atoms with Gasteiger partial charge < -0.3 is 5.73 Å². The zero-order chi connectivity index (χ0) is 9.42. The van der Waals surface area contributed by atoms with Gasteiger partial charge in [0.1, 0.15) is 4.60 Å². The van der Waals surface area contributed by atoms with Gasteiger partial charge in [0.25, 0.3) is 0 Å². The molecule has 1 aromatic heterocycles. The van der Waals surface area contributed by atoms with Gasteiger partial charge in [-0.3, -0.25) is 0 Å². The van der Waals surface area contributed by atoms with Crippen molar-refractivity contribution < 1.29 is 0 Å². The molecule has 66 valence electrons. The average Bonchev–Trinajstić information content (AvgIpc) is 2.02. The molecule has 1 aromatic carbocycles. The summed E-state index contributed by atoms with van der Waals surface area (Å²) in [6, 6.07) is 5.38. The van der Waals surface area contributed by atoms with Crippen LogP contribution in [0.25, 0.3) is 10.9 Å². The Hall–Kier alpha value is -0.870. The number of halogens is 2. The molecule has 0 radical (unpaired) electrons. The molecule has 2 aromatic rings. The normalized spacial score (nSPS) is 10.6. The summed E-state index contributed by atoms with van der Waals surface area (Å²) in [5, 5.41) is 1.54. The number of nitrogens with two attached hydrogens (primary N) is 1.